The Bertz CT molecular complexity index is 740. The highest BCUT2D eigenvalue weighted by Gasteiger charge is 2.17. The number of rotatable bonds is 7. The van der Waals surface area contributed by atoms with Crippen LogP contribution in [0.2, 0.25) is 0 Å². The molecule has 0 atom stereocenters. The summed E-state index contributed by atoms with van der Waals surface area (Å²) in [5, 5.41) is 2.76. The molecule has 0 heterocycles. The molecule has 0 spiro atoms. The number of hydrogen-bond acceptors (Lipinski definition) is 2. The van der Waals surface area contributed by atoms with Crippen LogP contribution in [0.4, 0.5) is 4.39 Å². The van der Waals surface area contributed by atoms with Gasteiger partial charge in [-0.3, -0.25) is 9.59 Å². The van der Waals surface area contributed by atoms with Crippen LogP contribution in [0.1, 0.15) is 48.2 Å². The maximum atomic E-state index is 12.9. The lowest BCUT2D eigenvalue weighted by Gasteiger charge is -2.20. The SMILES string of the molecule is CCN(CC(=O)NCc1ccc(F)cc1)C(=O)c1ccc(C(C)C)cc1. The molecule has 0 fully saturated rings. The molecule has 4 nitrogen and oxygen atoms in total. The van der Waals surface area contributed by atoms with Crippen molar-refractivity contribution in [3.05, 3.63) is 71.0 Å². The van der Waals surface area contributed by atoms with Crippen molar-refractivity contribution < 1.29 is 14.0 Å². The molecule has 0 saturated heterocycles. The Morgan fingerprint density at radius 2 is 1.65 bits per heavy atom. The fourth-order valence-corrected chi connectivity index (χ4v) is 2.55. The molecule has 26 heavy (non-hydrogen) atoms. The van der Waals surface area contributed by atoms with Crippen molar-refractivity contribution in [2.24, 2.45) is 0 Å². The molecular weight excluding hydrogens is 331 g/mol. The van der Waals surface area contributed by atoms with Gasteiger partial charge < -0.3 is 10.2 Å². The third kappa shape index (κ3) is 5.41. The topological polar surface area (TPSA) is 49.4 Å². The van der Waals surface area contributed by atoms with Crippen LogP contribution < -0.4 is 5.32 Å². The minimum absolute atomic E-state index is 0.0114. The Morgan fingerprint density at radius 3 is 2.19 bits per heavy atom. The Balaban J connectivity index is 1.93. The van der Waals surface area contributed by atoms with E-state index in [1.54, 1.807) is 24.3 Å². The van der Waals surface area contributed by atoms with Gasteiger partial charge in [-0.2, -0.15) is 0 Å². The van der Waals surface area contributed by atoms with Gasteiger partial charge in [-0.15, -0.1) is 0 Å². The highest BCUT2D eigenvalue weighted by Crippen LogP contribution is 2.15. The van der Waals surface area contributed by atoms with Crippen LogP contribution in [0.3, 0.4) is 0 Å². The summed E-state index contributed by atoms with van der Waals surface area (Å²) < 4.78 is 12.9. The molecule has 0 radical (unpaired) electrons. The van der Waals surface area contributed by atoms with Crippen LogP contribution in [-0.4, -0.2) is 29.8 Å². The van der Waals surface area contributed by atoms with Gasteiger partial charge in [-0.05, 0) is 48.2 Å². The zero-order valence-corrected chi connectivity index (χ0v) is 15.5. The van der Waals surface area contributed by atoms with Crippen molar-refractivity contribution in [2.45, 2.75) is 33.2 Å². The molecule has 138 valence electrons. The number of halogens is 1. The van der Waals surface area contributed by atoms with Gasteiger partial charge in [0.15, 0.2) is 0 Å². The van der Waals surface area contributed by atoms with E-state index in [9.17, 15) is 14.0 Å². The minimum Gasteiger partial charge on any atom is -0.350 e. The average Bonchev–Trinajstić information content (AvgIpc) is 2.65. The van der Waals surface area contributed by atoms with Crippen molar-refractivity contribution in [1.82, 2.24) is 10.2 Å². The van der Waals surface area contributed by atoms with E-state index in [0.717, 1.165) is 5.56 Å². The van der Waals surface area contributed by atoms with Gasteiger partial charge in [0, 0.05) is 18.7 Å². The number of likely N-dealkylation sites (N-methyl/N-ethyl adjacent to an activating group) is 1. The second-order valence-corrected chi connectivity index (χ2v) is 6.50. The summed E-state index contributed by atoms with van der Waals surface area (Å²) >= 11 is 0. The lowest BCUT2D eigenvalue weighted by atomic mass is 10.0. The van der Waals surface area contributed by atoms with Crippen LogP contribution in [0.5, 0.6) is 0 Å². The van der Waals surface area contributed by atoms with Crippen LogP contribution in [0.25, 0.3) is 0 Å². The maximum Gasteiger partial charge on any atom is 0.254 e. The molecule has 2 aromatic carbocycles. The third-order valence-electron chi connectivity index (χ3n) is 4.23. The van der Waals surface area contributed by atoms with Crippen LogP contribution in [-0.2, 0) is 11.3 Å². The summed E-state index contributed by atoms with van der Waals surface area (Å²) in [5.41, 5.74) is 2.54. The van der Waals surface area contributed by atoms with Crippen molar-refractivity contribution in [2.75, 3.05) is 13.1 Å². The molecule has 0 aliphatic rings. The first-order valence-electron chi connectivity index (χ1n) is 8.81. The number of benzene rings is 2. The molecule has 0 aromatic heterocycles. The molecular formula is C21H25FN2O2. The van der Waals surface area contributed by atoms with Gasteiger partial charge in [0.2, 0.25) is 5.91 Å². The molecule has 2 aromatic rings. The molecule has 0 aliphatic carbocycles. The monoisotopic (exact) mass is 356 g/mol. The summed E-state index contributed by atoms with van der Waals surface area (Å²) in [6, 6.07) is 13.4. The van der Waals surface area contributed by atoms with Gasteiger partial charge in [0.25, 0.3) is 5.91 Å². The van der Waals surface area contributed by atoms with E-state index in [4.69, 9.17) is 0 Å². The first-order chi connectivity index (χ1) is 12.4. The van der Waals surface area contributed by atoms with Gasteiger partial charge >= 0.3 is 0 Å². The van der Waals surface area contributed by atoms with Crippen molar-refractivity contribution in [1.29, 1.82) is 0 Å². The average molecular weight is 356 g/mol. The van der Waals surface area contributed by atoms with E-state index in [1.165, 1.54) is 22.6 Å². The quantitative estimate of drug-likeness (QED) is 0.822. The van der Waals surface area contributed by atoms with E-state index in [2.05, 4.69) is 19.2 Å². The molecule has 0 unspecified atom stereocenters. The second-order valence-electron chi connectivity index (χ2n) is 6.50. The molecule has 0 bridgehead atoms. The normalized spacial score (nSPS) is 10.7. The zero-order valence-electron chi connectivity index (χ0n) is 15.5. The molecule has 2 rings (SSSR count). The fourth-order valence-electron chi connectivity index (χ4n) is 2.55. The number of carbonyl (C=O) groups is 2. The summed E-state index contributed by atoms with van der Waals surface area (Å²) in [5.74, 6) is -0.326. The second kappa shape index (κ2) is 9.13. The lowest BCUT2D eigenvalue weighted by molar-refractivity contribution is -0.121. The largest absolute Gasteiger partial charge is 0.350 e. The molecule has 5 heteroatoms. The Kier molecular flexibility index (Phi) is 6.89. The molecule has 0 saturated carbocycles. The van der Waals surface area contributed by atoms with E-state index >= 15 is 0 Å². The first-order valence-corrected chi connectivity index (χ1v) is 8.81. The Hall–Kier alpha value is -2.69. The number of amides is 2. The Morgan fingerprint density at radius 1 is 1.04 bits per heavy atom. The smallest absolute Gasteiger partial charge is 0.254 e. The van der Waals surface area contributed by atoms with Crippen LogP contribution in [0, 0.1) is 5.82 Å². The number of nitrogens with zero attached hydrogens (tertiary/aromatic N) is 1. The third-order valence-corrected chi connectivity index (χ3v) is 4.23. The van der Waals surface area contributed by atoms with Crippen LogP contribution in [0.15, 0.2) is 48.5 Å². The summed E-state index contributed by atoms with van der Waals surface area (Å²) in [4.78, 5) is 26.3. The number of nitrogens with one attached hydrogen (secondary N) is 1. The van der Waals surface area contributed by atoms with E-state index in [0.29, 0.717) is 24.6 Å². The lowest BCUT2D eigenvalue weighted by Crippen LogP contribution is -2.40. The maximum absolute atomic E-state index is 12.9. The van der Waals surface area contributed by atoms with E-state index < -0.39 is 0 Å². The summed E-state index contributed by atoms with van der Waals surface area (Å²) in [6.07, 6.45) is 0. The molecule has 2 amide bonds. The predicted octanol–water partition coefficient (Wildman–Crippen LogP) is 3.73. The van der Waals surface area contributed by atoms with Crippen LogP contribution >= 0.6 is 0 Å². The van der Waals surface area contributed by atoms with E-state index in [1.807, 2.05) is 19.1 Å². The number of hydrogen-bond donors (Lipinski definition) is 1. The van der Waals surface area contributed by atoms with Gasteiger partial charge in [-0.1, -0.05) is 38.1 Å². The van der Waals surface area contributed by atoms with Gasteiger partial charge in [-0.25, -0.2) is 4.39 Å². The zero-order chi connectivity index (χ0) is 19.1. The summed E-state index contributed by atoms with van der Waals surface area (Å²) in [7, 11) is 0. The van der Waals surface area contributed by atoms with Crippen molar-refractivity contribution >= 4 is 11.8 Å². The van der Waals surface area contributed by atoms with Gasteiger partial charge in [0.05, 0.1) is 6.54 Å². The van der Waals surface area contributed by atoms with Crippen molar-refractivity contribution in [3.8, 4) is 0 Å². The predicted molar refractivity (Wildman–Crippen MR) is 100 cm³/mol. The first kappa shape index (κ1) is 19.6. The molecule has 1 N–H and O–H groups in total. The fraction of sp³-hybridized carbons (Fsp3) is 0.333. The Labute approximate surface area is 154 Å². The standard InChI is InChI=1S/C21H25FN2O2/c1-4-24(21(26)18-9-7-17(8-10-18)15(2)3)14-20(25)23-13-16-5-11-19(22)12-6-16/h5-12,15H,4,13-14H2,1-3H3,(H,23,25). The highest BCUT2D eigenvalue weighted by atomic mass is 19.1. The highest BCUT2D eigenvalue weighted by molar-refractivity contribution is 5.96. The van der Waals surface area contributed by atoms with Crippen molar-refractivity contribution in [3.63, 3.8) is 0 Å². The summed E-state index contributed by atoms with van der Waals surface area (Å²) in [6.45, 7) is 6.76. The number of carbonyl (C=O) groups excluding carboxylic acids is 2. The van der Waals surface area contributed by atoms with Gasteiger partial charge in [0.1, 0.15) is 5.82 Å². The minimum atomic E-state index is -0.314. The molecule has 0 aliphatic heterocycles. The van der Waals surface area contributed by atoms with E-state index in [-0.39, 0.29) is 24.2 Å².